The van der Waals surface area contributed by atoms with Crippen molar-refractivity contribution in [3.63, 3.8) is 0 Å². The molecule has 120 valence electrons. The van der Waals surface area contributed by atoms with Gasteiger partial charge in [0, 0.05) is 12.0 Å². The molecule has 0 radical (unpaired) electrons. The van der Waals surface area contributed by atoms with E-state index in [1.54, 1.807) is 18.2 Å². The Hall–Kier alpha value is -2.50. The van der Waals surface area contributed by atoms with Crippen molar-refractivity contribution in [2.24, 2.45) is 0 Å². The number of fused-ring (bicyclic) bond motifs is 1. The largest absolute Gasteiger partial charge is 0.497 e. The van der Waals surface area contributed by atoms with Crippen LogP contribution in [0.3, 0.4) is 0 Å². The van der Waals surface area contributed by atoms with Gasteiger partial charge < -0.3 is 9.47 Å². The summed E-state index contributed by atoms with van der Waals surface area (Å²) in [6.07, 6.45) is -4.58. The van der Waals surface area contributed by atoms with E-state index in [-0.39, 0.29) is 0 Å². The molecule has 0 amide bonds. The Bertz CT molecular complexity index is 736. The lowest BCUT2D eigenvalue weighted by molar-refractivity contribution is -0.137. The van der Waals surface area contributed by atoms with Crippen molar-refractivity contribution in [2.45, 2.75) is 18.7 Å². The van der Waals surface area contributed by atoms with Gasteiger partial charge in [-0.2, -0.15) is 13.2 Å². The number of esters is 1. The third-order valence-electron chi connectivity index (χ3n) is 3.78. The van der Waals surface area contributed by atoms with Crippen LogP contribution in [0.5, 0.6) is 5.75 Å². The van der Waals surface area contributed by atoms with E-state index in [9.17, 15) is 18.0 Å². The van der Waals surface area contributed by atoms with Gasteiger partial charge in [0.2, 0.25) is 0 Å². The standard InChI is InChI=1S/C17H13F3O3/c1-22-12-6-7-13-14(9-12)15(23-16(13)21)8-10-2-4-11(5-3-10)17(18,19)20/h2-7,9,15H,8H2,1H3. The van der Waals surface area contributed by atoms with Crippen LogP contribution in [0.1, 0.15) is 33.2 Å². The fraction of sp³-hybridized carbons (Fsp3) is 0.235. The first-order valence-corrected chi connectivity index (χ1v) is 6.93. The lowest BCUT2D eigenvalue weighted by Gasteiger charge is -2.12. The molecule has 0 aliphatic carbocycles. The molecule has 1 atom stereocenters. The first-order chi connectivity index (χ1) is 10.9. The monoisotopic (exact) mass is 322 g/mol. The van der Waals surface area contributed by atoms with Crippen LogP contribution in [0.4, 0.5) is 13.2 Å². The summed E-state index contributed by atoms with van der Waals surface area (Å²) in [5, 5.41) is 0. The summed E-state index contributed by atoms with van der Waals surface area (Å²) >= 11 is 0. The highest BCUT2D eigenvalue weighted by molar-refractivity contribution is 5.94. The molecule has 2 aromatic rings. The van der Waals surface area contributed by atoms with E-state index in [1.165, 1.54) is 19.2 Å². The van der Waals surface area contributed by atoms with Gasteiger partial charge in [-0.05, 0) is 35.9 Å². The summed E-state index contributed by atoms with van der Waals surface area (Å²) in [6.45, 7) is 0. The first-order valence-electron chi connectivity index (χ1n) is 6.93. The molecule has 1 aliphatic rings. The van der Waals surface area contributed by atoms with Gasteiger partial charge in [-0.25, -0.2) is 4.79 Å². The predicted molar refractivity (Wildman–Crippen MR) is 76.3 cm³/mol. The van der Waals surface area contributed by atoms with Gasteiger partial charge in [0.1, 0.15) is 11.9 Å². The van der Waals surface area contributed by atoms with Crippen molar-refractivity contribution in [3.05, 3.63) is 64.7 Å². The Labute approximate surface area is 130 Å². The normalized spacial score (nSPS) is 16.9. The SMILES string of the molecule is COc1ccc2c(c1)C(Cc1ccc(C(F)(F)F)cc1)OC2=O. The molecule has 2 aromatic carbocycles. The number of rotatable bonds is 3. The van der Waals surface area contributed by atoms with Gasteiger partial charge in [0.15, 0.2) is 0 Å². The number of carbonyl (C=O) groups is 1. The maximum absolute atomic E-state index is 12.6. The molecule has 6 heteroatoms. The first kappa shape index (κ1) is 15.4. The maximum atomic E-state index is 12.6. The topological polar surface area (TPSA) is 35.5 Å². The van der Waals surface area contributed by atoms with Crippen LogP contribution in [0.15, 0.2) is 42.5 Å². The van der Waals surface area contributed by atoms with E-state index in [1.807, 2.05) is 0 Å². The smallest absolute Gasteiger partial charge is 0.416 e. The highest BCUT2D eigenvalue weighted by Crippen LogP contribution is 2.36. The third kappa shape index (κ3) is 3.02. The summed E-state index contributed by atoms with van der Waals surface area (Å²) in [6, 6.07) is 9.86. The van der Waals surface area contributed by atoms with E-state index in [4.69, 9.17) is 9.47 Å². The van der Waals surface area contributed by atoms with Gasteiger partial charge in [0.05, 0.1) is 18.2 Å². The fourth-order valence-corrected chi connectivity index (χ4v) is 2.57. The lowest BCUT2D eigenvalue weighted by Crippen LogP contribution is -2.06. The summed E-state index contributed by atoms with van der Waals surface area (Å²) in [7, 11) is 1.52. The number of methoxy groups -OCH3 is 1. The fourth-order valence-electron chi connectivity index (χ4n) is 2.57. The molecule has 3 rings (SSSR count). The molecule has 0 N–H and O–H groups in total. The molecule has 1 aliphatic heterocycles. The Balaban J connectivity index is 1.84. The van der Waals surface area contributed by atoms with Crippen LogP contribution < -0.4 is 4.74 Å². The second kappa shape index (κ2) is 5.61. The molecule has 0 saturated carbocycles. The molecule has 0 spiro atoms. The summed E-state index contributed by atoms with van der Waals surface area (Å²) in [5.41, 5.74) is 1.11. The van der Waals surface area contributed by atoms with E-state index in [0.717, 1.165) is 12.1 Å². The van der Waals surface area contributed by atoms with Gasteiger partial charge in [-0.3, -0.25) is 0 Å². The summed E-state index contributed by atoms with van der Waals surface area (Å²) in [5.74, 6) is 0.166. The molecule has 1 heterocycles. The quantitative estimate of drug-likeness (QED) is 0.796. The Kier molecular flexibility index (Phi) is 3.75. The van der Waals surface area contributed by atoms with E-state index in [0.29, 0.717) is 28.9 Å². The van der Waals surface area contributed by atoms with E-state index >= 15 is 0 Å². The molecule has 1 unspecified atom stereocenters. The molecule has 0 saturated heterocycles. The number of hydrogen-bond acceptors (Lipinski definition) is 3. The van der Waals surface area contributed by atoms with Gasteiger partial charge >= 0.3 is 12.1 Å². The summed E-state index contributed by atoms with van der Waals surface area (Å²) in [4.78, 5) is 11.8. The van der Waals surface area contributed by atoms with Crippen molar-refractivity contribution < 1.29 is 27.4 Å². The second-order valence-electron chi connectivity index (χ2n) is 5.25. The van der Waals surface area contributed by atoms with Crippen LogP contribution in [-0.4, -0.2) is 13.1 Å². The van der Waals surface area contributed by atoms with Crippen molar-refractivity contribution in [1.82, 2.24) is 0 Å². The molecular weight excluding hydrogens is 309 g/mol. The minimum Gasteiger partial charge on any atom is -0.497 e. The maximum Gasteiger partial charge on any atom is 0.416 e. The number of halogens is 3. The van der Waals surface area contributed by atoms with Crippen molar-refractivity contribution >= 4 is 5.97 Å². The van der Waals surface area contributed by atoms with Crippen molar-refractivity contribution in [2.75, 3.05) is 7.11 Å². The lowest BCUT2D eigenvalue weighted by atomic mass is 9.98. The summed E-state index contributed by atoms with van der Waals surface area (Å²) < 4.78 is 48.2. The van der Waals surface area contributed by atoms with Gasteiger partial charge in [-0.15, -0.1) is 0 Å². The average Bonchev–Trinajstić information content (AvgIpc) is 2.82. The van der Waals surface area contributed by atoms with Crippen LogP contribution in [-0.2, 0) is 17.3 Å². The minimum atomic E-state index is -4.36. The molecular formula is C17H13F3O3. The zero-order chi connectivity index (χ0) is 16.6. The van der Waals surface area contributed by atoms with Crippen LogP contribution in [0, 0.1) is 0 Å². The number of benzene rings is 2. The Morgan fingerprint density at radius 2 is 1.83 bits per heavy atom. The average molecular weight is 322 g/mol. The van der Waals surface area contributed by atoms with E-state index < -0.39 is 23.8 Å². The van der Waals surface area contributed by atoms with Gasteiger partial charge in [0.25, 0.3) is 0 Å². The van der Waals surface area contributed by atoms with Crippen LogP contribution in [0.25, 0.3) is 0 Å². The number of cyclic esters (lactones) is 1. The molecule has 23 heavy (non-hydrogen) atoms. The highest BCUT2D eigenvalue weighted by Gasteiger charge is 2.32. The predicted octanol–water partition coefficient (Wildman–Crippen LogP) is 4.17. The van der Waals surface area contributed by atoms with Crippen LogP contribution >= 0.6 is 0 Å². The second-order valence-corrected chi connectivity index (χ2v) is 5.25. The van der Waals surface area contributed by atoms with E-state index in [2.05, 4.69) is 0 Å². The van der Waals surface area contributed by atoms with Gasteiger partial charge in [-0.1, -0.05) is 12.1 Å². The highest BCUT2D eigenvalue weighted by atomic mass is 19.4. The van der Waals surface area contributed by atoms with Crippen molar-refractivity contribution in [1.29, 1.82) is 0 Å². The Morgan fingerprint density at radius 1 is 1.13 bits per heavy atom. The molecule has 0 aromatic heterocycles. The number of ether oxygens (including phenoxy) is 2. The minimum absolute atomic E-state index is 0.310. The molecule has 3 nitrogen and oxygen atoms in total. The van der Waals surface area contributed by atoms with Crippen LogP contribution in [0.2, 0.25) is 0 Å². The number of carbonyl (C=O) groups excluding carboxylic acids is 1. The third-order valence-corrected chi connectivity index (χ3v) is 3.78. The molecule has 0 bridgehead atoms. The zero-order valence-corrected chi connectivity index (χ0v) is 12.2. The number of alkyl halides is 3. The Morgan fingerprint density at radius 3 is 2.43 bits per heavy atom. The zero-order valence-electron chi connectivity index (χ0n) is 12.2. The molecule has 0 fully saturated rings. The van der Waals surface area contributed by atoms with Crippen molar-refractivity contribution in [3.8, 4) is 5.75 Å². The number of hydrogen-bond donors (Lipinski definition) is 0.